The second-order valence-corrected chi connectivity index (χ2v) is 10.1. The van der Waals surface area contributed by atoms with Gasteiger partial charge in [0.15, 0.2) is 0 Å². The minimum absolute atomic E-state index is 0.275. The van der Waals surface area contributed by atoms with Crippen LogP contribution < -0.4 is 16.0 Å². The van der Waals surface area contributed by atoms with Crippen LogP contribution in [0.5, 0.6) is 0 Å². The summed E-state index contributed by atoms with van der Waals surface area (Å²) in [5, 5.41) is 8.23. The van der Waals surface area contributed by atoms with Gasteiger partial charge in [0.05, 0.1) is 12.5 Å². The number of hydrogen-bond donors (Lipinski definition) is 3. The average Bonchev–Trinajstić information content (AvgIpc) is 2.83. The molecule has 9 heteroatoms. The molecule has 0 fully saturated rings. The van der Waals surface area contributed by atoms with Gasteiger partial charge in [-0.3, -0.25) is 14.4 Å². The fourth-order valence-corrected chi connectivity index (χ4v) is 3.55. The van der Waals surface area contributed by atoms with Crippen LogP contribution >= 0.6 is 22.6 Å². The Bertz CT molecular complexity index is 1040. The highest BCUT2D eigenvalue weighted by molar-refractivity contribution is 14.1. The Balaban J connectivity index is 2.00. The first-order valence-corrected chi connectivity index (χ1v) is 12.3. The third kappa shape index (κ3) is 8.05. The maximum Gasteiger partial charge on any atom is 0.328 e. The van der Waals surface area contributed by atoms with E-state index >= 15 is 0 Å². The maximum atomic E-state index is 13.1. The first kappa shape index (κ1) is 28.3. The van der Waals surface area contributed by atoms with Crippen LogP contribution in [0.15, 0.2) is 54.6 Å². The van der Waals surface area contributed by atoms with Crippen molar-refractivity contribution >= 4 is 46.3 Å². The van der Waals surface area contributed by atoms with Crippen molar-refractivity contribution in [3.8, 4) is 0 Å². The lowest BCUT2D eigenvalue weighted by Gasteiger charge is -2.33. The second-order valence-electron chi connectivity index (χ2n) is 8.89. The number of nitrogens with one attached hydrogen (secondary N) is 3. The van der Waals surface area contributed by atoms with Gasteiger partial charge in [-0.15, -0.1) is 0 Å². The molecule has 0 aliphatic carbocycles. The van der Waals surface area contributed by atoms with E-state index in [2.05, 4.69) is 38.5 Å². The van der Waals surface area contributed by atoms with E-state index in [4.69, 9.17) is 4.74 Å². The Morgan fingerprint density at radius 3 is 2.09 bits per heavy atom. The molecule has 2 aromatic carbocycles. The van der Waals surface area contributed by atoms with Gasteiger partial charge in [-0.25, -0.2) is 4.79 Å². The fraction of sp³-hybridized carbons (Fsp3) is 0.385. The number of ether oxygens (including phenoxy) is 1. The molecular formula is C26H32IN3O5. The van der Waals surface area contributed by atoms with Crippen LogP contribution in [-0.4, -0.2) is 48.9 Å². The number of halogens is 1. The molecule has 3 amide bonds. The van der Waals surface area contributed by atoms with Crippen LogP contribution in [0, 0.1) is 8.99 Å². The van der Waals surface area contributed by atoms with Crippen LogP contribution in [0.3, 0.4) is 0 Å². The molecule has 0 bridgehead atoms. The van der Waals surface area contributed by atoms with E-state index in [9.17, 15) is 19.2 Å². The number of amides is 3. The van der Waals surface area contributed by atoms with E-state index in [1.807, 2.05) is 42.5 Å². The molecule has 0 radical (unpaired) electrons. The number of carbonyl (C=O) groups is 4. The number of esters is 1. The summed E-state index contributed by atoms with van der Waals surface area (Å²) in [5.41, 5.74) is 0.267. The predicted molar refractivity (Wildman–Crippen MR) is 142 cm³/mol. The molecule has 0 heterocycles. The minimum atomic E-state index is -1.06. The zero-order valence-corrected chi connectivity index (χ0v) is 22.7. The lowest BCUT2D eigenvalue weighted by atomic mass is 9.83. The molecule has 2 aromatic rings. The molecule has 0 unspecified atom stereocenters. The summed E-state index contributed by atoms with van der Waals surface area (Å²) < 4.78 is 5.87. The molecule has 3 N–H and O–H groups in total. The summed E-state index contributed by atoms with van der Waals surface area (Å²) in [4.78, 5) is 50.6. The van der Waals surface area contributed by atoms with E-state index in [-0.39, 0.29) is 12.3 Å². The summed E-state index contributed by atoms with van der Waals surface area (Å²) in [6.07, 6.45) is 0.275. The van der Waals surface area contributed by atoms with Crippen molar-refractivity contribution in [2.45, 2.75) is 52.2 Å². The number of carbonyl (C=O) groups excluding carboxylic acids is 4. The highest BCUT2D eigenvalue weighted by Crippen LogP contribution is 2.22. The van der Waals surface area contributed by atoms with Crippen molar-refractivity contribution in [2.75, 3.05) is 7.11 Å². The summed E-state index contributed by atoms with van der Waals surface area (Å²) in [7, 11) is 1.27. The monoisotopic (exact) mass is 593 g/mol. The van der Waals surface area contributed by atoms with Crippen molar-refractivity contribution in [3.63, 3.8) is 0 Å². The first-order chi connectivity index (χ1) is 16.4. The Labute approximate surface area is 219 Å². The molecule has 0 aliphatic rings. The fourth-order valence-electron chi connectivity index (χ4n) is 3.19. The molecule has 188 valence electrons. The molecule has 0 spiro atoms. The third-order valence-corrected chi connectivity index (χ3v) is 6.67. The number of rotatable bonds is 10. The van der Waals surface area contributed by atoms with Gasteiger partial charge in [0.25, 0.3) is 5.91 Å². The summed E-state index contributed by atoms with van der Waals surface area (Å²) in [5.74, 6) is -1.75. The Hall–Kier alpha value is -2.95. The average molecular weight is 593 g/mol. The van der Waals surface area contributed by atoms with Crippen molar-refractivity contribution in [3.05, 3.63) is 69.3 Å². The van der Waals surface area contributed by atoms with Crippen molar-refractivity contribution in [2.24, 2.45) is 5.41 Å². The van der Waals surface area contributed by atoms with Crippen LogP contribution in [0.2, 0.25) is 0 Å². The molecule has 0 aromatic heterocycles. The minimum Gasteiger partial charge on any atom is -0.467 e. The van der Waals surface area contributed by atoms with E-state index in [1.54, 1.807) is 39.8 Å². The Morgan fingerprint density at radius 2 is 1.51 bits per heavy atom. The van der Waals surface area contributed by atoms with Crippen LogP contribution in [-0.2, 0) is 25.5 Å². The van der Waals surface area contributed by atoms with Crippen LogP contribution in [0.4, 0.5) is 0 Å². The second kappa shape index (κ2) is 12.7. The smallest absolute Gasteiger partial charge is 0.328 e. The summed E-state index contributed by atoms with van der Waals surface area (Å²) >= 11 is 2.15. The topological polar surface area (TPSA) is 114 Å². The molecule has 2 rings (SSSR count). The van der Waals surface area contributed by atoms with Crippen LogP contribution in [0.25, 0.3) is 0 Å². The standard InChI is InChI=1S/C26H32IN3O5/c1-16(28-23(32)19-11-13-20(27)14-12-19)22(31)29-17(2)26(3,4)25(34)30-21(24(33)35-5)15-18-9-7-6-8-10-18/h6-14,16-17,21H,15H2,1-5H3,(H,28,32)(H,29,31)(H,30,34)/t16-,17+,21-/m0/s1. The van der Waals surface area contributed by atoms with E-state index in [1.165, 1.54) is 7.11 Å². The van der Waals surface area contributed by atoms with E-state index in [0.717, 1.165) is 9.13 Å². The van der Waals surface area contributed by atoms with E-state index in [0.29, 0.717) is 5.56 Å². The summed E-state index contributed by atoms with van der Waals surface area (Å²) in [6, 6.07) is 14.0. The van der Waals surface area contributed by atoms with Crippen molar-refractivity contribution in [1.29, 1.82) is 0 Å². The highest BCUT2D eigenvalue weighted by atomic mass is 127. The predicted octanol–water partition coefficient (Wildman–Crippen LogP) is 2.84. The largest absolute Gasteiger partial charge is 0.467 e. The lowest BCUT2D eigenvalue weighted by molar-refractivity contribution is -0.146. The molecule has 0 aliphatic heterocycles. The lowest BCUT2D eigenvalue weighted by Crippen LogP contribution is -2.57. The number of benzene rings is 2. The normalized spacial score (nSPS) is 13.7. The summed E-state index contributed by atoms with van der Waals surface area (Å²) in [6.45, 7) is 6.64. The van der Waals surface area contributed by atoms with Gasteiger partial charge in [0.2, 0.25) is 11.8 Å². The molecular weight excluding hydrogens is 561 g/mol. The maximum absolute atomic E-state index is 13.1. The Morgan fingerprint density at radius 1 is 0.914 bits per heavy atom. The van der Waals surface area contributed by atoms with Gasteiger partial charge < -0.3 is 20.7 Å². The van der Waals surface area contributed by atoms with Gasteiger partial charge in [-0.2, -0.15) is 0 Å². The highest BCUT2D eigenvalue weighted by Gasteiger charge is 2.38. The number of methoxy groups -OCH3 is 1. The first-order valence-electron chi connectivity index (χ1n) is 11.2. The molecule has 35 heavy (non-hydrogen) atoms. The SMILES string of the molecule is COC(=O)[C@H](Cc1ccccc1)NC(=O)C(C)(C)[C@@H](C)NC(=O)[C@H](C)NC(=O)c1ccc(I)cc1. The molecule has 3 atom stereocenters. The zero-order chi connectivity index (χ0) is 26.2. The van der Waals surface area contributed by atoms with Gasteiger partial charge in [-0.05, 0) is 80.1 Å². The van der Waals surface area contributed by atoms with Gasteiger partial charge in [0.1, 0.15) is 12.1 Å². The quantitative estimate of drug-likeness (QED) is 0.290. The zero-order valence-electron chi connectivity index (χ0n) is 20.6. The molecule has 8 nitrogen and oxygen atoms in total. The Kier molecular flexibility index (Phi) is 10.2. The van der Waals surface area contributed by atoms with Gasteiger partial charge >= 0.3 is 5.97 Å². The third-order valence-electron chi connectivity index (χ3n) is 5.95. The molecule has 0 saturated carbocycles. The van der Waals surface area contributed by atoms with Gasteiger partial charge in [0, 0.05) is 21.6 Å². The van der Waals surface area contributed by atoms with Crippen LogP contribution in [0.1, 0.15) is 43.6 Å². The number of hydrogen-bond acceptors (Lipinski definition) is 5. The molecule has 0 saturated heterocycles. The van der Waals surface area contributed by atoms with Crippen molar-refractivity contribution in [1.82, 2.24) is 16.0 Å². The van der Waals surface area contributed by atoms with Crippen molar-refractivity contribution < 1.29 is 23.9 Å². The van der Waals surface area contributed by atoms with Gasteiger partial charge in [-0.1, -0.05) is 30.3 Å². The van der Waals surface area contributed by atoms with E-state index < -0.39 is 41.3 Å².